The minimum absolute atomic E-state index is 0.00868. The first-order valence-electron chi connectivity index (χ1n) is 12.4. The minimum atomic E-state index is -0.480. The third-order valence-electron chi connectivity index (χ3n) is 7.92. The lowest BCUT2D eigenvalue weighted by molar-refractivity contribution is -0.130. The second-order valence-electron chi connectivity index (χ2n) is 10.4. The van der Waals surface area contributed by atoms with Crippen LogP contribution in [-0.2, 0) is 21.5 Å². The van der Waals surface area contributed by atoms with Crippen molar-refractivity contribution in [2.45, 2.75) is 43.2 Å². The Labute approximate surface area is 213 Å². The number of ketones is 1. The van der Waals surface area contributed by atoms with Crippen LogP contribution in [0.3, 0.4) is 0 Å². The molecule has 1 saturated carbocycles. The number of aromatic nitrogens is 2. The first-order valence-corrected chi connectivity index (χ1v) is 12.4. The molecule has 192 valence electrons. The summed E-state index contributed by atoms with van der Waals surface area (Å²) in [5.41, 5.74) is 1.28. The maximum absolute atomic E-state index is 13.6. The van der Waals surface area contributed by atoms with Crippen molar-refractivity contribution in [3.8, 4) is 0 Å². The summed E-state index contributed by atoms with van der Waals surface area (Å²) in [6.45, 7) is 0.470. The molecule has 9 heteroatoms. The number of nitrogens with zero attached hydrogens (tertiary/aromatic N) is 6. The van der Waals surface area contributed by atoms with Gasteiger partial charge in [-0.15, -0.1) is 0 Å². The van der Waals surface area contributed by atoms with Gasteiger partial charge in [0.25, 0.3) is 0 Å². The Morgan fingerprint density at radius 1 is 0.972 bits per heavy atom. The van der Waals surface area contributed by atoms with Gasteiger partial charge in [-0.2, -0.15) is 0 Å². The molecule has 1 aromatic heterocycles. The molecule has 0 bridgehead atoms. The van der Waals surface area contributed by atoms with E-state index >= 15 is 0 Å². The van der Waals surface area contributed by atoms with Crippen molar-refractivity contribution < 1.29 is 14.4 Å². The van der Waals surface area contributed by atoms with Gasteiger partial charge in [-0.25, -0.2) is 14.8 Å². The maximum Gasteiger partial charge on any atom is 0.321 e. The molecule has 2 aliphatic rings. The lowest BCUT2D eigenvalue weighted by Gasteiger charge is -2.51. The Balaban J connectivity index is 1.56. The standard InChI is InChI=1S/C27H36N6O3/c1-30(2)24(35)18-33-25(36)32(17-23(34)16-22-10-15-28-20-29-22)19-26(33)11-13-27(14-12-26,31(3)4)21-8-6-5-7-9-21/h5-10,15,20H,11-14,16-19H2,1-4H3. The summed E-state index contributed by atoms with van der Waals surface area (Å²) in [6.07, 6.45) is 6.38. The third kappa shape index (κ3) is 4.97. The number of hydrogen-bond donors (Lipinski definition) is 0. The van der Waals surface area contributed by atoms with Gasteiger partial charge in [0.15, 0.2) is 5.78 Å². The summed E-state index contributed by atoms with van der Waals surface area (Å²) in [6, 6.07) is 12.0. The molecule has 0 unspecified atom stereocenters. The smallest absolute Gasteiger partial charge is 0.321 e. The Bertz CT molecular complexity index is 1080. The topological polar surface area (TPSA) is 90.0 Å². The molecule has 1 aliphatic heterocycles. The van der Waals surface area contributed by atoms with Crippen LogP contribution in [-0.4, -0.2) is 101 Å². The zero-order valence-corrected chi connectivity index (χ0v) is 21.7. The summed E-state index contributed by atoms with van der Waals surface area (Å²) in [4.78, 5) is 54.3. The van der Waals surface area contributed by atoms with E-state index in [2.05, 4.69) is 53.2 Å². The predicted molar refractivity (Wildman–Crippen MR) is 136 cm³/mol. The molecule has 2 aromatic rings. The molecule has 1 saturated heterocycles. The normalized spacial score (nSPS) is 24.0. The van der Waals surface area contributed by atoms with Crippen molar-refractivity contribution in [1.82, 2.24) is 29.6 Å². The van der Waals surface area contributed by atoms with Gasteiger partial charge in [0.05, 0.1) is 24.2 Å². The average molecular weight is 493 g/mol. The van der Waals surface area contributed by atoms with Crippen molar-refractivity contribution in [1.29, 1.82) is 0 Å². The number of likely N-dealkylation sites (N-methyl/N-ethyl adjacent to an activating group) is 1. The van der Waals surface area contributed by atoms with Crippen molar-refractivity contribution in [2.24, 2.45) is 0 Å². The van der Waals surface area contributed by atoms with Crippen LogP contribution in [0.1, 0.15) is 36.9 Å². The SMILES string of the molecule is CN(C)C(=O)CN1C(=O)N(CC(=O)Cc2ccncn2)CC12CCC(c1ccccc1)(N(C)C)CC2. The number of carbonyl (C=O) groups is 3. The van der Waals surface area contributed by atoms with E-state index in [1.165, 1.54) is 16.8 Å². The van der Waals surface area contributed by atoms with Gasteiger partial charge in [-0.3, -0.25) is 14.5 Å². The van der Waals surface area contributed by atoms with E-state index in [-0.39, 0.29) is 42.8 Å². The van der Waals surface area contributed by atoms with Crippen molar-refractivity contribution >= 4 is 17.7 Å². The number of carbonyl (C=O) groups excluding carboxylic acids is 3. The summed E-state index contributed by atoms with van der Waals surface area (Å²) in [5, 5.41) is 0. The van der Waals surface area contributed by atoms with E-state index in [4.69, 9.17) is 0 Å². The Morgan fingerprint density at radius 2 is 1.67 bits per heavy atom. The van der Waals surface area contributed by atoms with E-state index in [9.17, 15) is 14.4 Å². The van der Waals surface area contributed by atoms with Gasteiger partial charge in [-0.05, 0) is 51.4 Å². The van der Waals surface area contributed by atoms with E-state index < -0.39 is 5.54 Å². The molecular weight excluding hydrogens is 456 g/mol. The number of urea groups is 1. The molecular formula is C27H36N6O3. The highest BCUT2D eigenvalue weighted by molar-refractivity contribution is 5.90. The van der Waals surface area contributed by atoms with E-state index in [1.807, 2.05) is 6.07 Å². The zero-order valence-electron chi connectivity index (χ0n) is 21.7. The molecule has 1 spiro atoms. The maximum atomic E-state index is 13.6. The van der Waals surface area contributed by atoms with E-state index in [0.717, 1.165) is 25.7 Å². The van der Waals surface area contributed by atoms with Crippen LogP contribution in [0.5, 0.6) is 0 Å². The van der Waals surface area contributed by atoms with Crippen LogP contribution in [0.25, 0.3) is 0 Å². The summed E-state index contributed by atoms with van der Waals surface area (Å²) < 4.78 is 0. The second kappa shape index (κ2) is 10.3. The first-order chi connectivity index (χ1) is 17.2. The van der Waals surface area contributed by atoms with E-state index in [0.29, 0.717) is 12.2 Å². The Hall–Kier alpha value is -3.33. The van der Waals surface area contributed by atoms with Crippen LogP contribution >= 0.6 is 0 Å². The van der Waals surface area contributed by atoms with E-state index in [1.54, 1.807) is 36.2 Å². The fraction of sp³-hybridized carbons (Fsp3) is 0.519. The highest BCUT2D eigenvalue weighted by atomic mass is 16.2. The number of hydrogen-bond acceptors (Lipinski definition) is 6. The van der Waals surface area contributed by atoms with Crippen LogP contribution in [0, 0.1) is 0 Å². The van der Waals surface area contributed by atoms with Crippen LogP contribution < -0.4 is 0 Å². The van der Waals surface area contributed by atoms with Crippen LogP contribution in [0.15, 0.2) is 48.9 Å². The average Bonchev–Trinajstić information content (AvgIpc) is 3.10. The summed E-state index contributed by atoms with van der Waals surface area (Å²) in [5.74, 6) is -0.204. The molecule has 1 aliphatic carbocycles. The van der Waals surface area contributed by atoms with Gasteiger partial charge >= 0.3 is 6.03 Å². The monoisotopic (exact) mass is 492 g/mol. The lowest BCUT2D eigenvalue weighted by Crippen LogP contribution is -2.57. The molecule has 0 radical (unpaired) electrons. The molecule has 0 N–H and O–H groups in total. The van der Waals surface area contributed by atoms with Gasteiger partial charge in [0.1, 0.15) is 12.9 Å². The predicted octanol–water partition coefficient (Wildman–Crippen LogP) is 2.18. The van der Waals surface area contributed by atoms with Gasteiger partial charge in [0, 0.05) is 32.4 Å². The molecule has 0 atom stereocenters. The number of rotatable bonds is 8. The molecule has 36 heavy (non-hydrogen) atoms. The molecule has 4 rings (SSSR count). The molecule has 1 aromatic carbocycles. The molecule has 2 heterocycles. The van der Waals surface area contributed by atoms with Crippen molar-refractivity contribution in [2.75, 3.05) is 47.8 Å². The summed E-state index contributed by atoms with van der Waals surface area (Å²) in [7, 11) is 7.62. The first kappa shape index (κ1) is 25.8. The molecule has 2 fully saturated rings. The largest absolute Gasteiger partial charge is 0.347 e. The fourth-order valence-electron chi connectivity index (χ4n) is 5.71. The number of benzene rings is 1. The van der Waals surface area contributed by atoms with Crippen molar-refractivity contribution in [3.05, 3.63) is 60.2 Å². The van der Waals surface area contributed by atoms with Gasteiger partial charge in [-0.1, -0.05) is 30.3 Å². The van der Waals surface area contributed by atoms with Crippen molar-refractivity contribution in [3.63, 3.8) is 0 Å². The fourth-order valence-corrected chi connectivity index (χ4v) is 5.71. The number of Topliss-reactive ketones (excluding diaryl/α,β-unsaturated/α-hetero) is 1. The third-order valence-corrected chi connectivity index (χ3v) is 7.92. The number of amides is 3. The van der Waals surface area contributed by atoms with Gasteiger partial charge < -0.3 is 14.7 Å². The lowest BCUT2D eigenvalue weighted by atomic mass is 9.68. The Morgan fingerprint density at radius 3 is 2.25 bits per heavy atom. The zero-order chi connectivity index (χ0) is 25.9. The molecule has 9 nitrogen and oxygen atoms in total. The Kier molecular flexibility index (Phi) is 7.40. The van der Waals surface area contributed by atoms with Crippen LogP contribution in [0.4, 0.5) is 4.79 Å². The van der Waals surface area contributed by atoms with Crippen LogP contribution in [0.2, 0.25) is 0 Å². The quantitative estimate of drug-likeness (QED) is 0.561. The highest BCUT2D eigenvalue weighted by Crippen LogP contribution is 2.48. The second-order valence-corrected chi connectivity index (χ2v) is 10.4. The minimum Gasteiger partial charge on any atom is -0.347 e. The summed E-state index contributed by atoms with van der Waals surface area (Å²) >= 11 is 0. The molecule has 3 amide bonds. The highest BCUT2D eigenvalue weighted by Gasteiger charge is 2.55. The van der Waals surface area contributed by atoms with Gasteiger partial charge in [0.2, 0.25) is 5.91 Å².